The summed E-state index contributed by atoms with van der Waals surface area (Å²) < 4.78 is 5.02. The second-order valence-corrected chi connectivity index (χ2v) is 4.67. The maximum atomic E-state index is 11.6. The highest BCUT2D eigenvalue weighted by Crippen LogP contribution is 2.12. The van der Waals surface area contributed by atoms with E-state index in [9.17, 15) is 9.90 Å². The van der Waals surface area contributed by atoms with Crippen LogP contribution < -0.4 is 0 Å². The first-order valence-electron chi connectivity index (χ1n) is 6.76. The van der Waals surface area contributed by atoms with Crippen LogP contribution in [0.15, 0.2) is 42.7 Å². The lowest BCUT2D eigenvalue weighted by atomic mass is 10.00. The fraction of sp³-hybridized carbons (Fsp3) is 0.438. The second-order valence-electron chi connectivity index (χ2n) is 4.67. The smallest absolute Gasteiger partial charge is 0.342 e. The molecule has 1 aromatic carbocycles. The summed E-state index contributed by atoms with van der Waals surface area (Å²) in [5.41, 5.74) is 0.520. The van der Waals surface area contributed by atoms with Gasteiger partial charge in [-0.25, -0.2) is 4.79 Å². The van der Waals surface area contributed by atoms with E-state index in [1.807, 2.05) is 13.0 Å². The van der Waals surface area contributed by atoms with Gasteiger partial charge in [-0.05, 0) is 24.6 Å². The van der Waals surface area contributed by atoms with Crippen molar-refractivity contribution in [2.75, 3.05) is 0 Å². The van der Waals surface area contributed by atoms with E-state index in [-0.39, 0.29) is 18.0 Å². The van der Waals surface area contributed by atoms with Crippen molar-refractivity contribution in [3.63, 3.8) is 0 Å². The lowest BCUT2D eigenvalue weighted by molar-refractivity contribution is 0.0656. The third-order valence-electron chi connectivity index (χ3n) is 3.03. The van der Waals surface area contributed by atoms with Crippen molar-refractivity contribution in [2.45, 2.75) is 39.2 Å². The Balaban J connectivity index is 2.39. The van der Waals surface area contributed by atoms with Crippen LogP contribution in [0.2, 0.25) is 0 Å². The van der Waals surface area contributed by atoms with Gasteiger partial charge in [0.25, 0.3) is 0 Å². The number of benzene rings is 1. The summed E-state index contributed by atoms with van der Waals surface area (Å²) in [5.74, 6) is -0.401. The zero-order chi connectivity index (χ0) is 14.1. The predicted octanol–water partition coefficient (Wildman–Crippen LogP) is 3.54. The van der Waals surface area contributed by atoms with Gasteiger partial charge >= 0.3 is 5.97 Å². The van der Waals surface area contributed by atoms with Gasteiger partial charge in [-0.15, -0.1) is 0 Å². The molecule has 0 radical (unpaired) electrons. The van der Waals surface area contributed by atoms with E-state index in [1.54, 1.807) is 30.3 Å². The van der Waals surface area contributed by atoms with E-state index in [4.69, 9.17) is 4.74 Å². The molecule has 0 saturated carbocycles. The summed E-state index contributed by atoms with van der Waals surface area (Å²) in [5, 5.41) is 9.84. The molecule has 0 heterocycles. The maximum Gasteiger partial charge on any atom is 0.342 e. The molecule has 1 rings (SSSR count). The summed E-state index contributed by atoms with van der Waals surface area (Å²) in [4.78, 5) is 11.6. The van der Waals surface area contributed by atoms with Crippen LogP contribution in [0, 0.1) is 5.92 Å². The first-order chi connectivity index (χ1) is 9.15. The van der Waals surface area contributed by atoms with Gasteiger partial charge in [0.1, 0.15) is 0 Å². The van der Waals surface area contributed by atoms with Crippen molar-refractivity contribution in [1.29, 1.82) is 0 Å². The summed E-state index contributed by atoms with van der Waals surface area (Å²) in [6, 6.07) is 8.83. The van der Waals surface area contributed by atoms with Crippen molar-refractivity contribution in [3.8, 4) is 0 Å². The Morgan fingerprint density at radius 2 is 2.05 bits per heavy atom. The second kappa shape index (κ2) is 8.48. The third kappa shape index (κ3) is 5.71. The highest BCUT2D eigenvalue weighted by atomic mass is 16.5. The Bertz CT molecular complexity index is 398. The SMILES string of the molecule is CCCC[C@@H](O)[C@@H](C)/C=C\OC(=O)c1ccccc1. The average Bonchev–Trinajstić information content (AvgIpc) is 2.45. The van der Waals surface area contributed by atoms with Gasteiger partial charge < -0.3 is 9.84 Å². The first kappa shape index (κ1) is 15.4. The van der Waals surface area contributed by atoms with Crippen LogP contribution in [0.3, 0.4) is 0 Å². The highest BCUT2D eigenvalue weighted by Gasteiger charge is 2.11. The summed E-state index contributed by atoms with van der Waals surface area (Å²) in [6.45, 7) is 4.00. The molecule has 0 fully saturated rings. The van der Waals surface area contributed by atoms with Gasteiger partial charge in [0, 0.05) is 5.92 Å². The normalized spacial score (nSPS) is 14.3. The molecule has 0 unspecified atom stereocenters. The van der Waals surface area contributed by atoms with Crippen molar-refractivity contribution in [1.82, 2.24) is 0 Å². The van der Waals surface area contributed by atoms with Gasteiger partial charge in [0.15, 0.2) is 0 Å². The van der Waals surface area contributed by atoms with Gasteiger partial charge in [-0.2, -0.15) is 0 Å². The highest BCUT2D eigenvalue weighted by molar-refractivity contribution is 5.89. The molecule has 0 aliphatic rings. The minimum absolute atomic E-state index is 0.0184. The van der Waals surface area contributed by atoms with Gasteiger partial charge in [-0.1, -0.05) is 44.9 Å². The van der Waals surface area contributed by atoms with Crippen molar-refractivity contribution < 1.29 is 14.6 Å². The molecule has 19 heavy (non-hydrogen) atoms. The predicted molar refractivity (Wildman–Crippen MR) is 75.7 cm³/mol. The third-order valence-corrected chi connectivity index (χ3v) is 3.03. The van der Waals surface area contributed by atoms with Crippen LogP contribution >= 0.6 is 0 Å². The zero-order valence-corrected chi connectivity index (χ0v) is 11.6. The largest absolute Gasteiger partial charge is 0.431 e. The van der Waals surface area contributed by atoms with E-state index in [0.717, 1.165) is 19.3 Å². The zero-order valence-electron chi connectivity index (χ0n) is 11.6. The molecule has 0 amide bonds. The molecule has 0 aromatic heterocycles. The number of rotatable bonds is 7. The van der Waals surface area contributed by atoms with Crippen LogP contribution in [0.1, 0.15) is 43.5 Å². The number of esters is 1. The summed E-state index contributed by atoms with van der Waals surface area (Å²) in [6.07, 6.45) is 5.55. The Morgan fingerprint density at radius 1 is 1.37 bits per heavy atom. The molecular formula is C16H22O3. The molecule has 2 atom stereocenters. The topological polar surface area (TPSA) is 46.5 Å². The van der Waals surface area contributed by atoms with Crippen LogP contribution in [0.25, 0.3) is 0 Å². The molecule has 3 heteroatoms. The van der Waals surface area contributed by atoms with Crippen molar-refractivity contribution in [2.24, 2.45) is 5.92 Å². The molecule has 1 aromatic rings. The van der Waals surface area contributed by atoms with Gasteiger partial charge in [-0.3, -0.25) is 0 Å². The number of unbranched alkanes of at least 4 members (excludes halogenated alkanes) is 1. The van der Waals surface area contributed by atoms with Gasteiger partial charge in [0.2, 0.25) is 0 Å². The minimum Gasteiger partial charge on any atom is -0.431 e. The van der Waals surface area contributed by atoms with Crippen LogP contribution in [-0.4, -0.2) is 17.2 Å². The molecule has 0 spiro atoms. The number of carbonyl (C=O) groups is 1. The van der Waals surface area contributed by atoms with Crippen LogP contribution in [0.5, 0.6) is 0 Å². The lowest BCUT2D eigenvalue weighted by Crippen LogP contribution is -2.15. The number of hydrogen-bond donors (Lipinski definition) is 1. The molecular weight excluding hydrogens is 240 g/mol. The monoisotopic (exact) mass is 262 g/mol. The molecule has 0 saturated heterocycles. The molecule has 0 aliphatic carbocycles. The Labute approximate surface area is 114 Å². The van der Waals surface area contributed by atoms with E-state index < -0.39 is 0 Å². The average molecular weight is 262 g/mol. The fourth-order valence-electron chi connectivity index (χ4n) is 1.67. The van der Waals surface area contributed by atoms with Crippen LogP contribution in [-0.2, 0) is 4.74 Å². The van der Waals surface area contributed by atoms with E-state index in [1.165, 1.54) is 6.26 Å². The first-order valence-corrected chi connectivity index (χ1v) is 6.76. The fourth-order valence-corrected chi connectivity index (χ4v) is 1.67. The number of ether oxygens (including phenoxy) is 1. The van der Waals surface area contributed by atoms with Crippen molar-refractivity contribution >= 4 is 5.97 Å². The number of hydrogen-bond acceptors (Lipinski definition) is 3. The van der Waals surface area contributed by atoms with Gasteiger partial charge in [0.05, 0.1) is 17.9 Å². The summed E-state index contributed by atoms with van der Waals surface area (Å²) >= 11 is 0. The van der Waals surface area contributed by atoms with Crippen molar-refractivity contribution in [3.05, 3.63) is 48.2 Å². The molecule has 104 valence electrons. The number of aliphatic hydroxyl groups excluding tert-OH is 1. The Kier molecular flexibility index (Phi) is 6.90. The maximum absolute atomic E-state index is 11.6. The number of aliphatic hydroxyl groups is 1. The molecule has 0 aliphatic heterocycles. The quantitative estimate of drug-likeness (QED) is 0.604. The van der Waals surface area contributed by atoms with E-state index in [0.29, 0.717) is 5.56 Å². The summed E-state index contributed by atoms with van der Waals surface area (Å²) in [7, 11) is 0. The Morgan fingerprint density at radius 3 is 2.68 bits per heavy atom. The molecule has 1 N–H and O–H groups in total. The standard InChI is InChI=1S/C16H22O3/c1-3-4-10-15(17)13(2)11-12-19-16(18)14-8-6-5-7-9-14/h5-9,11-13,15,17H,3-4,10H2,1-2H3/b12-11-/t13-,15+/m0/s1. The Hall–Kier alpha value is -1.61. The molecule has 3 nitrogen and oxygen atoms in total. The van der Waals surface area contributed by atoms with Crippen LogP contribution in [0.4, 0.5) is 0 Å². The number of carbonyl (C=O) groups excluding carboxylic acids is 1. The lowest BCUT2D eigenvalue weighted by Gasteiger charge is -2.14. The van der Waals surface area contributed by atoms with E-state index in [2.05, 4.69) is 6.92 Å². The minimum atomic E-state index is -0.383. The van der Waals surface area contributed by atoms with E-state index >= 15 is 0 Å². The molecule has 0 bridgehead atoms.